The van der Waals surface area contributed by atoms with Crippen molar-refractivity contribution in [3.8, 4) is 0 Å². The predicted octanol–water partition coefficient (Wildman–Crippen LogP) is 2.68. The Morgan fingerprint density at radius 2 is 2.00 bits per heavy atom. The van der Waals surface area contributed by atoms with E-state index in [1.807, 2.05) is 0 Å². The number of carboxylic acid groups (broad SMARTS) is 1. The number of aryl methyl sites for hydroxylation is 1. The first-order valence-corrected chi connectivity index (χ1v) is 8.26. The highest BCUT2D eigenvalue weighted by molar-refractivity contribution is 5.97. The van der Waals surface area contributed by atoms with Gasteiger partial charge in [-0.3, -0.25) is 9.59 Å². The summed E-state index contributed by atoms with van der Waals surface area (Å²) >= 11 is 0. The van der Waals surface area contributed by atoms with Gasteiger partial charge >= 0.3 is 5.97 Å². The molecule has 1 aliphatic carbocycles. The number of nitrogens with one attached hydrogen (secondary N) is 1. The maximum Gasteiger partial charge on any atom is 0.311 e. The average Bonchev–Trinajstić information content (AvgIpc) is 2.72. The molecule has 2 rings (SSSR count). The molecule has 1 saturated carbocycles. The molecule has 1 fully saturated rings. The van der Waals surface area contributed by atoms with Gasteiger partial charge in [-0.1, -0.05) is 25.7 Å². The fourth-order valence-corrected chi connectivity index (χ4v) is 2.96. The van der Waals surface area contributed by atoms with Crippen molar-refractivity contribution in [3.63, 3.8) is 0 Å². The second-order valence-electron chi connectivity index (χ2n) is 6.03. The van der Waals surface area contributed by atoms with Crippen LogP contribution in [0.15, 0.2) is 10.7 Å². The van der Waals surface area contributed by atoms with E-state index in [0.717, 1.165) is 12.8 Å². The largest absolute Gasteiger partial charge is 0.481 e. The van der Waals surface area contributed by atoms with Gasteiger partial charge in [-0.2, -0.15) is 0 Å². The van der Waals surface area contributed by atoms with Crippen molar-refractivity contribution in [1.29, 1.82) is 0 Å². The zero-order chi connectivity index (χ0) is 16.7. The van der Waals surface area contributed by atoms with E-state index in [2.05, 4.69) is 5.32 Å². The van der Waals surface area contributed by atoms with Gasteiger partial charge in [-0.15, -0.1) is 0 Å². The lowest BCUT2D eigenvalue weighted by Crippen LogP contribution is -2.29. The molecule has 0 unspecified atom stereocenters. The Morgan fingerprint density at radius 3 is 2.65 bits per heavy atom. The van der Waals surface area contributed by atoms with E-state index in [1.165, 1.54) is 31.9 Å². The van der Waals surface area contributed by atoms with E-state index in [0.29, 0.717) is 30.4 Å². The average molecular weight is 323 g/mol. The number of carbonyl (C=O) groups excluding carboxylic acids is 1. The highest BCUT2D eigenvalue weighted by atomic mass is 16.5. The molecule has 6 nitrogen and oxygen atoms in total. The molecular formula is C17H25NO5. The van der Waals surface area contributed by atoms with Gasteiger partial charge in [0.15, 0.2) is 0 Å². The summed E-state index contributed by atoms with van der Waals surface area (Å²) < 4.78 is 11.0. The standard InChI is InChI=1S/C17H25NO5/c1-12-11-23-14(10-15(19)20)16(12)17(21)18-8-9-22-13-6-4-2-3-5-7-13/h11,13H,2-10H2,1H3,(H,18,21)(H,19,20). The van der Waals surface area contributed by atoms with E-state index in [9.17, 15) is 9.59 Å². The minimum atomic E-state index is -1.02. The first kappa shape index (κ1) is 17.5. The molecule has 0 spiro atoms. The van der Waals surface area contributed by atoms with Gasteiger partial charge in [-0.05, 0) is 19.8 Å². The summed E-state index contributed by atoms with van der Waals surface area (Å²) in [5.74, 6) is -1.14. The van der Waals surface area contributed by atoms with Crippen molar-refractivity contribution in [1.82, 2.24) is 5.32 Å². The molecule has 0 atom stereocenters. The quantitative estimate of drug-likeness (QED) is 0.595. The number of aliphatic carboxylic acids is 1. The molecular weight excluding hydrogens is 298 g/mol. The molecule has 128 valence electrons. The molecule has 1 aromatic heterocycles. The number of carboxylic acids is 1. The van der Waals surface area contributed by atoms with Crippen LogP contribution in [0.5, 0.6) is 0 Å². The van der Waals surface area contributed by atoms with Gasteiger partial charge in [0.1, 0.15) is 12.2 Å². The minimum absolute atomic E-state index is 0.192. The van der Waals surface area contributed by atoms with E-state index in [-0.39, 0.29) is 18.1 Å². The number of amides is 1. The Morgan fingerprint density at radius 1 is 1.30 bits per heavy atom. The third-order valence-electron chi connectivity index (χ3n) is 4.13. The topological polar surface area (TPSA) is 88.8 Å². The molecule has 0 aromatic carbocycles. The summed E-state index contributed by atoms with van der Waals surface area (Å²) in [4.78, 5) is 23.0. The van der Waals surface area contributed by atoms with Crippen LogP contribution < -0.4 is 5.32 Å². The number of furan rings is 1. The van der Waals surface area contributed by atoms with E-state index < -0.39 is 5.97 Å². The number of hydrogen-bond donors (Lipinski definition) is 2. The smallest absolute Gasteiger partial charge is 0.311 e. The third-order valence-corrected chi connectivity index (χ3v) is 4.13. The lowest BCUT2D eigenvalue weighted by Gasteiger charge is -2.15. The fraction of sp³-hybridized carbons (Fsp3) is 0.647. The monoisotopic (exact) mass is 323 g/mol. The first-order chi connectivity index (χ1) is 11.1. The summed E-state index contributed by atoms with van der Waals surface area (Å²) in [6.45, 7) is 2.61. The summed E-state index contributed by atoms with van der Waals surface area (Å²) in [5.41, 5.74) is 0.963. The normalized spacial score (nSPS) is 16.0. The summed E-state index contributed by atoms with van der Waals surface area (Å²) in [5, 5.41) is 11.6. The zero-order valence-electron chi connectivity index (χ0n) is 13.6. The molecule has 0 bridgehead atoms. The molecule has 1 heterocycles. The number of carbonyl (C=O) groups is 2. The van der Waals surface area contributed by atoms with Crippen LogP contribution in [-0.2, 0) is 16.0 Å². The van der Waals surface area contributed by atoms with Crippen LogP contribution in [0.1, 0.15) is 60.2 Å². The Balaban J connectivity index is 1.78. The van der Waals surface area contributed by atoms with Crippen molar-refractivity contribution in [3.05, 3.63) is 23.2 Å². The second-order valence-corrected chi connectivity index (χ2v) is 6.03. The highest BCUT2D eigenvalue weighted by Crippen LogP contribution is 2.20. The summed E-state index contributed by atoms with van der Waals surface area (Å²) in [6.07, 6.45) is 8.59. The second kappa shape index (κ2) is 8.72. The maximum atomic E-state index is 12.2. The molecule has 0 aliphatic heterocycles. The van der Waals surface area contributed by atoms with E-state index in [4.69, 9.17) is 14.3 Å². The van der Waals surface area contributed by atoms with Crippen LogP contribution in [0, 0.1) is 6.92 Å². The van der Waals surface area contributed by atoms with Crippen LogP contribution in [-0.4, -0.2) is 36.2 Å². The first-order valence-electron chi connectivity index (χ1n) is 8.26. The van der Waals surface area contributed by atoms with Crippen LogP contribution in [0.4, 0.5) is 0 Å². The predicted molar refractivity (Wildman–Crippen MR) is 84.6 cm³/mol. The van der Waals surface area contributed by atoms with Gasteiger partial charge in [0.05, 0.1) is 24.5 Å². The van der Waals surface area contributed by atoms with Crippen LogP contribution in [0.2, 0.25) is 0 Å². The van der Waals surface area contributed by atoms with E-state index >= 15 is 0 Å². The SMILES string of the molecule is Cc1coc(CC(=O)O)c1C(=O)NCCOC1CCCCCC1. The Bertz CT molecular complexity index is 529. The van der Waals surface area contributed by atoms with Crippen molar-refractivity contribution in [2.45, 2.75) is 58.0 Å². The molecule has 0 radical (unpaired) electrons. The highest BCUT2D eigenvalue weighted by Gasteiger charge is 2.20. The third kappa shape index (κ3) is 5.39. The van der Waals surface area contributed by atoms with Gasteiger partial charge in [-0.25, -0.2) is 0 Å². The van der Waals surface area contributed by atoms with Gasteiger partial charge in [0, 0.05) is 12.1 Å². The molecule has 1 aliphatic rings. The summed E-state index contributed by atoms with van der Waals surface area (Å²) in [6, 6.07) is 0. The van der Waals surface area contributed by atoms with Crippen LogP contribution in [0.3, 0.4) is 0 Å². The summed E-state index contributed by atoms with van der Waals surface area (Å²) in [7, 11) is 0. The van der Waals surface area contributed by atoms with Gasteiger partial charge < -0.3 is 19.6 Å². The maximum absolute atomic E-state index is 12.2. The van der Waals surface area contributed by atoms with E-state index in [1.54, 1.807) is 6.92 Å². The Hall–Kier alpha value is -1.82. The zero-order valence-corrected chi connectivity index (χ0v) is 13.6. The molecule has 1 amide bonds. The lowest BCUT2D eigenvalue weighted by molar-refractivity contribution is -0.136. The Kier molecular flexibility index (Phi) is 6.65. The van der Waals surface area contributed by atoms with Crippen LogP contribution >= 0.6 is 0 Å². The molecule has 0 saturated heterocycles. The number of rotatable bonds is 7. The van der Waals surface area contributed by atoms with Crippen molar-refractivity contribution in [2.24, 2.45) is 0 Å². The number of hydrogen-bond acceptors (Lipinski definition) is 4. The van der Waals surface area contributed by atoms with Crippen molar-refractivity contribution >= 4 is 11.9 Å². The lowest BCUT2D eigenvalue weighted by atomic mass is 10.1. The Labute approximate surface area is 136 Å². The van der Waals surface area contributed by atoms with Crippen molar-refractivity contribution in [2.75, 3.05) is 13.2 Å². The molecule has 2 N–H and O–H groups in total. The van der Waals surface area contributed by atoms with Crippen LogP contribution in [0.25, 0.3) is 0 Å². The fourth-order valence-electron chi connectivity index (χ4n) is 2.96. The molecule has 6 heteroatoms. The van der Waals surface area contributed by atoms with Crippen molar-refractivity contribution < 1.29 is 23.8 Å². The molecule has 23 heavy (non-hydrogen) atoms. The van der Waals surface area contributed by atoms with Gasteiger partial charge in [0.25, 0.3) is 5.91 Å². The number of ether oxygens (including phenoxy) is 1. The molecule has 1 aromatic rings. The van der Waals surface area contributed by atoms with Gasteiger partial charge in [0.2, 0.25) is 0 Å². The minimum Gasteiger partial charge on any atom is -0.481 e.